The summed E-state index contributed by atoms with van der Waals surface area (Å²) in [5, 5.41) is 14.3. The zero-order chi connectivity index (χ0) is 18.7. The molecule has 0 aliphatic carbocycles. The van der Waals surface area contributed by atoms with Crippen LogP contribution in [0.3, 0.4) is 0 Å². The fraction of sp³-hybridized carbons (Fsp3) is 0.222. The van der Waals surface area contributed by atoms with E-state index in [-0.39, 0.29) is 17.9 Å². The van der Waals surface area contributed by atoms with Crippen LogP contribution in [-0.4, -0.2) is 35.8 Å². The van der Waals surface area contributed by atoms with E-state index in [1.807, 2.05) is 31.3 Å². The first kappa shape index (κ1) is 18.1. The average molecular weight is 373 g/mol. The molecule has 3 rings (SSSR count). The van der Waals surface area contributed by atoms with Crippen LogP contribution in [-0.2, 0) is 34.7 Å². The molecule has 136 valence electrons. The number of rotatable bonds is 7. The van der Waals surface area contributed by atoms with Gasteiger partial charge in [0.05, 0.1) is 22.5 Å². The second-order valence-electron chi connectivity index (χ2n) is 5.95. The molecule has 7 nitrogen and oxygen atoms in total. The number of nitrogens with zero attached hydrogens (tertiary/aromatic N) is 2. The van der Waals surface area contributed by atoms with Crippen molar-refractivity contribution in [1.82, 2.24) is 14.5 Å². The number of benzene rings is 2. The molecule has 8 heteroatoms. The van der Waals surface area contributed by atoms with E-state index in [2.05, 4.69) is 9.82 Å². The van der Waals surface area contributed by atoms with Crippen LogP contribution >= 0.6 is 0 Å². The minimum absolute atomic E-state index is 0.0575. The molecule has 1 heterocycles. The fourth-order valence-corrected chi connectivity index (χ4v) is 3.96. The molecule has 0 saturated heterocycles. The van der Waals surface area contributed by atoms with Gasteiger partial charge in [-0.3, -0.25) is 9.48 Å². The first-order chi connectivity index (χ1) is 12.4. The molecule has 0 aliphatic rings. The zero-order valence-corrected chi connectivity index (χ0v) is 15.0. The molecule has 0 aliphatic heterocycles. The lowest BCUT2D eigenvalue weighted by molar-refractivity contribution is -0.136. The minimum atomic E-state index is -3.71. The van der Waals surface area contributed by atoms with Crippen molar-refractivity contribution in [3.05, 3.63) is 59.8 Å². The van der Waals surface area contributed by atoms with Crippen LogP contribution in [0.15, 0.2) is 53.4 Å². The van der Waals surface area contributed by atoms with Gasteiger partial charge >= 0.3 is 5.97 Å². The molecule has 0 fully saturated rings. The lowest BCUT2D eigenvalue weighted by Crippen LogP contribution is -2.26. The zero-order valence-electron chi connectivity index (χ0n) is 14.2. The summed E-state index contributed by atoms with van der Waals surface area (Å²) in [6.45, 7) is 0.201. The number of fused-ring (bicyclic) bond motifs is 1. The van der Waals surface area contributed by atoms with Crippen LogP contribution in [0, 0.1) is 0 Å². The molecule has 0 atom stereocenters. The standard InChI is InChI=1S/C18H19N3O4S/c1-21-17-8-3-2-7-15(17)16(20-21)9-10-19-26(24,25)14-6-4-5-13(11-14)12-18(22)23/h2-8,11,19H,9-10,12H2,1H3,(H,22,23). The highest BCUT2D eigenvalue weighted by atomic mass is 32.2. The van der Waals surface area contributed by atoms with Crippen molar-refractivity contribution in [2.75, 3.05) is 6.54 Å². The topological polar surface area (TPSA) is 101 Å². The molecule has 0 spiro atoms. The highest BCUT2D eigenvalue weighted by Gasteiger charge is 2.15. The SMILES string of the molecule is Cn1nc(CCNS(=O)(=O)c2cccc(CC(=O)O)c2)c2ccccc21. The summed E-state index contributed by atoms with van der Waals surface area (Å²) in [7, 11) is -1.86. The van der Waals surface area contributed by atoms with Crippen LogP contribution in [0.4, 0.5) is 0 Å². The number of hydrogen-bond acceptors (Lipinski definition) is 4. The molecule has 26 heavy (non-hydrogen) atoms. The van der Waals surface area contributed by atoms with Gasteiger partial charge in [0.25, 0.3) is 0 Å². The summed E-state index contributed by atoms with van der Waals surface area (Å²) in [6.07, 6.45) is 0.235. The smallest absolute Gasteiger partial charge is 0.307 e. The van der Waals surface area contributed by atoms with Gasteiger partial charge in [0.2, 0.25) is 10.0 Å². The van der Waals surface area contributed by atoms with E-state index >= 15 is 0 Å². The summed E-state index contributed by atoms with van der Waals surface area (Å²) in [5.41, 5.74) is 2.26. The maximum absolute atomic E-state index is 12.4. The van der Waals surface area contributed by atoms with Crippen LogP contribution in [0.25, 0.3) is 10.9 Å². The van der Waals surface area contributed by atoms with E-state index in [0.29, 0.717) is 12.0 Å². The van der Waals surface area contributed by atoms with E-state index in [1.165, 1.54) is 12.1 Å². The largest absolute Gasteiger partial charge is 0.481 e. The third-order valence-corrected chi connectivity index (χ3v) is 5.51. The van der Waals surface area contributed by atoms with Gasteiger partial charge in [-0.05, 0) is 23.8 Å². The van der Waals surface area contributed by atoms with Crippen molar-refractivity contribution in [1.29, 1.82) is 0 Å². The van der Waals surface area contributed by atoms with E-state index in [0.717, 1.165) is 16.6 Å². The number of carboxylic acid groups (broad SMARTS) is 1. The summed E-state index contributed by atoms with van der Waals surface area (Å²) in [6, 6.07) is 13.7. The Morgan fingerprint density at radius 2 is 1.96 bits per heavy atom. The summed E-state index contributed by atoms with van der Waals surface area (Å²) >= 11 is 0. The van der Waals surface area contributed by atoms with Crippen LogP contribution < -0.4 is 4.72 Å². The highest BCUT2D eigenvalue weighted by Crippen LogP contribution is 2.18. The van der Waals surface area contributed by atoms with Gasteiger partial charge in [-0.2, -0.15) is 5.10 Å². The third-order valence-electron chi connectivity index (χ3n) is 4.05. The van der Waals surface area contributed by atoms with Crippen LogP contribution in [0.2, 0.25) is 0 Å². The molecule has 0 unspecified atom stereocenters. The number of nitrogens with one attached hydrogen (secondary N) is 1. The fourth-order valence-electron chi connectivity index (χ4n) is 2.86. The average Bonchev–Trinajstić information content (AvgIpc) is 2.91. The van der Waals surface area contributed by atoms with Gasteiger partial charge in [0, 0.05) is 25.4 Å². The van der Waals surface area contributed by atoms with Crippen molar-refractivity contribution in [3.63, 3.8) is 0 Å². The normalized spacial score (nSPS) is 11.7. The van der Waals surface area contributed by atoms with Crippen molar-refractivity contribution in [2.45, 2.75) is 17.7 Å². The molecular formula is C18H19N3O4S. The van der Waals surface area contributed by atoms with Gasteiger partial charge in [0.15, 0.2) is 0 Å². The second-order valence-corrected chi connectivity index (χ2v) is 7.72. The Bertz CT molecular complexity index is 1060. The number of carboxylic acids is 1. The molecule has 3 aromatic rings. The summed E-state index contributed by atoms with van der Waals surface area (Å²) in [4.78, 5) is 10.9. The summed E-state index contributed by atoms with van der Waals surface area (Å²) < 4.78 is 29.2. The Hall–Kier alpha value is -2.71. The second kappa shape index (κ2) is 7.27. The van der Waals surface area contributed by atoms with Crippen molar-refractivity contribution < 1.29 is 18.3 Å². The maximum atomic E-state index is 12.4. The lowest BCUT2D eigenvalue weighted by atomic mass is 10.2. The molecule has 1 aromatic heterocycles. The van der Waals surface area contributed by atoms with Crippen LogP contribution in [0.1, 0.15) is 11.3 Å². The molecule has 2 N–H and O–H groups in total. The van der Waals surface area contributed by atoms with Crippen molar-refractivity contribution >= 4 is 26.9 Å². The number of aromatic nitrogens is 2. The van der Waals surface area contributed by atoms with Gasteiger partial charge < -0.3 is 5.11 Å². The molecule has 2 aromatic carbocycles. The lowest BCUT2D eigenvalue weighted by Gasteiger charge is -2.07. The van der Waals surface area contributed by atoms with E-state index in [1.54, 1.807) is 16.8 Å². The molecule has 0 radical (unpaired) electrons. The quantitative estimate of drug-likeness (QED) is 0.657. The monoisotopic (exact) mass is 373 g/mol. The molecule has 0 bridgehead atoms. The first-order valence-corrected chi connectivity index (χ1v) is 9.56. The molecule has 0 saturated carbocycles. The molecular weight excluding hydrogens is 354 g/mol. The van der Waals surface area contributed by atoms with Crippen molar-refractivity contribution in [2.24, 2.45) is 7.05 Å². The highest BCUT2D eigenvalue weighted by molar-refractivity contribution is 7.89. The Morgan fingerprint density at radius 1 is 1.19 bits per heavy atom. The minimum Gasteiger partial charge on any atom is -0.481 e. The Balaban J connectivity index is 1.71. The van der Waals surface area contributed by atoms with E-state index < -0.39 is 16.0 Å². The number of para-hydroxylation sites is 1. The first-order valence-electron chi connectivity index (χ1n) is 8.08. The Kier molecular flexibility index (Phi) is 5.06. The summed E-state index contributed by atoms with van der Waals surface area (Å²) in [5.74, 6) is -1.01. The van der Waals surface area contributed by atoms with Crippen molar-refractivity contribution in [3.8, 4) is 0 Å². The number of hydrogen-bond donors (Lipinski definition) is 2. The van der Waals surface area contributed by atoms with Gasteiger partial charge in [-0.1, -0.05) is 30.3 Å². The number of aryl methyl sites for hydroxylation is 1. The van der Waals surface area contributed by atoms with Gasteiger partial charge in [0.1, 0.15) is 0 Å². The van der Waals surface area contributed by atoms with Gasteiger partial charge in [-0.25, -0.2) is 13.1 Å². The van der Waals surface area contributed by atoms with Gasteiger partial charge in [-0.15, -0.1) is 0 Å². The number of carbonyl (C=O) groups is 1. The Labute approximate surface area is 151 Å². The predicted octanol–water partition coefficient (Wildman–Crippen LogP) is 1.72. The Morgan fingerprint density at radius 3 is 2.73 bits per heavy atom. The van der Waals surface area contributed by atoms with E-state index in [9.17, 15) is 13.2 Å². The van der Waals surface area contributed by atoms with Crippen LogP contribution in [0.5, 0.6) is 0 Å². The number of aliphatic carboxylic acids is 1. The maximum Gasteiger partial charge on any atom is 0.307 e. The van der Waals surface area contributed by atoms with E-state index in [4.69, 9.17) is 5.11 Å². The molecule has 0 amide bonds. The number of sulfonamides is 1. The predicted molar refractivity (Wildman–Crippen MR) is 97.4 cm³/mol. The third kappa shape index (κ3) is 3.92.